The third kappa shape index (κ3) is 22.9. The zero-order chi connectivity index (χ0) is 35.7. The lowest BCUT2D eigenvalue weighted by Gasteiger charge is -2.17. The van der Waals surface area contributed by atoms with Crippen LogP contribution in [-0.4, -0.2) is 35.0 Å². The Morgan fingerprint density at radius 2 is 1.10 bits per heavy atom. The Bertz CT molecular complexity index is 1040. The minimum Gasteiger partial charge on any atom is -0.472 e. The SMILES string of the molecule is CCCCCCCCCCCCCCC(CCCCCCCCCCCCCC)CCCO/C(=N\c1csc(-c2nccs2)n1)C(=O)OCC. The topological polar surface area (TPSA) is 73.7 Å². The lowest BCUT2D eigenvalue weighted by atomic mass is 9.90. The summed E-state index contributed by atoms with van der Waals surface area (Å²) in [4.78, 5) is 26.0. The van der Waals surface area contributed by atoms with E-state index in [-0.39, 0.29) is 12.5 Å². The summed E-state index contributed by atoms with van der Waals surface area (Å²) in [5.74, 6) is 0.662. The van der Waals surface area contributed by atoms with Gasteiger partial charge in [-0.25, -0.2) is 14.8 Å². The van der Waals surface area contributed by atoms with Gasteiger partial charge < -0.3 is 9.47 Å². The Morgan fingerprint density at radius 1 is 0.620 bits per heavy atom. The van der Waals surface area contributed by atoms with Gasteiger partial charge in [-0.15, -0.1) is 22.7 Å². The van der Waals surface area contributed by atoms with E-state index in [0.29, 0.717) is 12.4 Å². The summed E-state index contributed by atoms with van der Waals surface area (Å²) in [5, 5.41) is 5.40. The molecule has 0 spiro atoms. The number of nitrogens with zero attached hydrogens (tertiary/aromatic N) is 3. The fourth-order valence-corrected chi connectivity index (χ4v) is 8.13. The highest BCUT2D eigenvalue weighted by Gasteiger charge is 2.17. The number of aromatic nitrogens is 2. The molecule has 0 fully saturated rings. The minimum absolute atomic E-state index is 0.00121. The van der Waals surface area contributed by atoms with Gasteiger partial charge in [-0.1, -0.05) is 181 Å². The first-order chi connectivity index (χ1) is 24.7. The first kappa shape index (κ1) is 44.4. The lowest BCUT2D eigenvalue weighted by Crippen LogP contribution is -2.21. The van der Waals surface area contributed by atoms with Crippen molar-refractivity contribution in [1.29, 1.82) is 0 Å². The van der Waals surface area contributed by atoms with Crippen molar-refractivity contribution in [2.45, 2.75) is 201 Å². The van der Waals surface area contributed by atoms with Crippen LogP contribution in [0.15, 0.2) is 21.9 Å². The summed E-state index contributed by atoms with van der Waals surface area (Å²) in [5.41, 5.74) is 0. The Hall–Kier alpha value is -1.80. The highest BCUT2D eigenvalue weighted by molar-refractivity contribution is 7.19. The smallest absolute Gasteiger partial charge is 0.394 e. The van der Waals surface area contributed by atoms with Crippen LogP contribution in [0.3, 0.4) is 0 Å². The standard InChI is InChI=1S/C42H73N3O3S2/c1-4-7-9-11-13-15-17-19-21-23-25-27-30-37(31-28-26-24-22-20-18-16-14-12-10-8-5-2)32-29-34-48-39(42(46)47-6-3)44-38-36-50-41(45-38)40-43-33-35-49-40/h33,35-37H,4-32,34H2,1-3H3/b44-39-. The van der Waals surface area contributed by atoms with E-state index in [9.17, 15) is 4.79 Å². The highest BCUT2D eigenvalue weighted by atomic mass is 32.1. The number of ether oxygens (including phenoxy) is 2. The van der Waals surface area contributed by atoms with Crippen molar-refractivity contribution in [2.75, 3.05) is 13.2 Å². The number of rotatable bonds is 33. The van der Waals surface area contributed by atoms with Crippen molar-refractivity contribution in [1.82, 2.24) is 9.97 Å². The first-order valence-electron chi connectivity index (χ1n) is 20.9. The maximum Gasteiger partial charge on any atom is 0.394 e. The van der Waals surface area contributed by atoms with Crippen molar-refractivity contribution in [3.63, 3.8) is 0 Å². The maximum atomic E-state index is 12.7. The van der Waals surface area contributed by atoms with Gasteiger partial charge in [0.25, 0.3) is 0 Å². The maximum absolute atomic E-state index is 12.7. The predicted molar refractivity (Wildman–Crippen MR) is 217 cm³/mol. The van der Waals surface area contributed by atoms with Gasteiger partial charge in [0.1, 0.15) is 0 Å². The number of thiazole rings is 2. The van der Waals surface area contributed by atoms with Crippen molar-refractivity contribution >= 4 is 40.4 Å². The van der Waals surface area contributed by atoms with E-state index in [4.69, 9.17) is 9.47 Å². The van der Waals surface area contributed by atoms with E-state index in [1.165, 1.54) is 190 Å². The number of hydrogen-bond acceptors (Lipinski definition) is 8. The molecule has 0 aliphatic rings. The zero-order valence-corrected chi connectivity index (χ0v) is 34.0. The number of carbonyl (C=O) groups is 1. The van der Waals surface area contributed by atoms with Gasteiger partial charge in [0.15, 0.2) is 15.8 Å². The minimum atomic E-state index is -0.527. The molecule has 0 saturated carbocycles. The van der Waals surface area contributed by atoms with Crippen LogP contribution in [0.25, 0.3) is 10.0 Å². The third-order valence-electron chi connectivity index (χ3n) is 9.70. The Balaban J connectivity index is 1.73. The first-order valence-corrected chi connectivity index (χ1v) is 22.7. The summed E-state index contributed by atoms with van der Waals surface area (Å²) in [6, 6.07) is 0. The molecule has 8 heteroatoms. The molecule has 2 heterocycles. The average Bonchev–Trinajstić information content (AvgIpc) is 3.83. The number of unbranched alkanes of at least 4 members (excludes halogenated alkanes) is 22. The molecule has 0 N–H and O–H groups in total. The van der Waals surface area contributed by atoms with Gasteiger partial charge in [0, 0.05) is 17.0 Å². The van der Waals surface area contributed by atoms with Gasteiger partial charge in [-0.2, -0.15) is 4.99 Å². The molecular weight excluding hydrogens is 659 g/mol. The molecule has 2 aromatic heterocycles. The van der Waals surface area contributed by atoms with Crippen LogP contribution in [0.2, 0.25) is 0 Å². The highest BCUT2D eigenvalue weighted by Crippen LogP contribution is 2.29. The van der Waals surface area contributed by atoms with Crippen LogP contribution in [0.1, 0.15) is 201 Å². The molecule has 2 aromatic rings. The molecule has 50 heavy (non-hydrogen) atoms. The van der Waals surface area contributed by atoms with E-state index in [0.717, 1.165) is 28.8 Å². The predicted octanol–water partition coefficient (Wildman–Crippen LogP) is 14.5. The van der Waals surface area contributed by atoms with Gasteiger partial charge in [0.05, 0.1) is 13.2 Å². The van der Waals surface area contributed by atoms with Crippen LogP contribution in [0, 0.1) is 5.92 Å². The number of hydrogen-bond donors (Lipinski definition) is 0. The van der Waals surface area contributed by atoms with E-state index in [1.54, 1.807) is 13.1 Å². The van der Waals surface area contributed by atoms with E-state index in [2.05, 4.69) is 28.8 Å². The molecule has 0 aromatic carbocycles. The van der Waals surface area contributed by atoms with Crippen molar-refractivity contribution < 1.29 is 14.3 Å². The molecular formula is C42H73N3O3S2. The van der Waals surface area contributed by atoms with Gasteiger partial charge in [-0.3, -0.25) is 0 Å². The monoisotopic (exact) mass is 732 g/mol. The zero-order valence-electron chi connectivity index (χ0n) is 32.4. The summed E-state index contributed by atoms with van der Waals surface area (Å²) in [7, 11) is 0. The van der Waals surface area contributed by atoms with Crippen LogP contribution >= 0.6 is 22.7 Å². The molecule has 286 valence electrons. The van der Waals surface area contributed by atoms with Gasteiger partial charge in [-0.05, 0) is 25.7 Å². The molecule has 0 aliphatic carbocycles. The van der Waals surface area contributed by atoms with Crippen molar-refractivity contribution in [3.8, 4) is 10.0 Å². The number of aliphatic imine (C=N–C) groups is 1. The van der Waals surface area contributed by atoms with E-state index >= 15 is 0 Å². The fourth-order valence-electron chi connectivity index (χ4n) is 6.70. The third-order valence-corrected chi connectivity index (χ3v) is 11.4. The molecule has 0 saturated heterocycles. The van der Waals surface area contributed by atoms with E-state index in [1.807, 2.05) is 10.8 Å². The average molecular weight is 732 g/mol. The Labute approximate surface area is 315 Å². The van der Waals surface area contributed by atoms with Crippen LogP contribution < -0.4 is 0 Å². The summed E-state index contributed by atoms with van der Waals surface area (Å²) in [6.45, 7) is 7.13. The second-order valence-corrected chi connectivity index (χ2v) is 16.0. The molecule has 2 rings (SSSR count). The second kappa shape index (κ2) is 31.9. The quantitative estimate of drug-likeness (QED) is 0.0316. The Kier molecular flexibility index (Phi) is 28.3. The summed E-state index contributed by atoms with van der Waals surface area (Å²) in [6.07, 6.45) is 39.9. The largest absolute Gasteiger partial charge is 0.472 e. The molecule has 0 amide bonds. The van der Waals surface area contributed by atoms with Crippen molar-refractivity contribution in [2.24, 2.45) is 10.9 Å². The van der Waals surface area contributed by atoms with Crippen molar-refractivity contribution in [3.05, 3.63) is 17.0 Å². The molecule has 0 aliphatic heterocycles. The number of esters is 1. The molecule has 0 unspecified atom stereocenters. The van der Waals surface area contributed by atoms with E-state index < -0.39 is 5.97 Å². The lowest BCUT2D eigenvalue weighted by molar-refractivity contribution is -0.136. The molecule has 6 nitrogen and oxygen atoms in total. The van der Waals surface area contributed by atoms with Crippen LogP contribution in [0.5, 0.6) is 0 Å². The van der Waals surface area contributed by atoms with Gasteiger partial charge in [0.2, 0.25) is 0 Å². The summed E-state index contributed by atoms with van der Waals surface area (Å²) < 4.78 is 11.2. The molecule has 0 bridgehead atoms. The molecule has 0 atom stereocenters. The number of carbonyl (C=O) groups excluding carboxylic acids is 1. The van der Waals surface area contributed by atoms with Gasteiger partial charge >= 0.3 is 11.9 Å². The Morgan fingerprint density at radius 3 is 1.56 bits per heavy atom. The fraction of sp³-hybridized carbons (Fsp3) is 0.810. The normalized spacial score (nSPS) is 11.9. The van der Waals surface area contributed by atoms with Crippen LogP contribution in [0.4, 0.5) is 5.82 Å². The van der Waals surface area contributed by atoms with Crippen LogP contribution in [-0.2, 0) is 14.3 Å². The molecule has 0 radical (unpaired) electrons. The second-order valence-electron chi connectivity index (χ2n) is 14.2. The summed E-state index contributed by atoms with van der Waals surface area (Å²) >= 11 is 3.00.